The van der Waals surface area contributed by atoms with E-state index in [4.69, 9.17) is 14.6 Å². The van der Waals surface area contributed by atoms with Crippen LogP contribution in [-0.2, 0) is 9.47 Å². The Morgan fingerprint density at radius 1 is 1.10 bits per heavy atom. The van der Waals surface area contributed by atoms with Gasteiger partial charge in [-0.1, -0.05) is 42.5 Å². The minimum absolute atomic E-state index is 0.167. The molecule has 0 aromatic heterocycles. The molecule has 2 aromatic carbocycles. The molecule has 110 valence electrons. The highest BCUT2D eigenvalue weighted by Crippen LogP contribution is 2.20. The summed E-state index contributed by atoms with van der Waals surface area (Å²) in [6.45, 7) is -0.0986. The largest absolute Gasteiger partial charge is 0.454 e. The topological polar surface area (TPSA) is 55.8 Å². The molecular weight excluding hydrogens is 268 g/mol. The van der Waals surface area contributed by atoms with E-state index in [-0.39, 0.29) is 13.2 Å². The molecule has 2 aromatic rings. The van der Waals surface area contributed by atoms with Gasteiger partial charge in [0.15, 0.2) is 0 Å². The van der Waals surface area contributed by atoms with Crippen molar-refractivity contribution in [1.82, 2.24) is 0 Å². The smallest absolute Gasteiger partial charge is 0.338 e. The number of carbonyl (C=O) groups is 1. The van der Waals surface area contributed by atoms with Gasteiger partial charge in [0.1, 0.15) is 6.10 Å². The van der Waals surface area contributed by atoms with E-state index in [1.807, 2.05) is 42.5 Å². The van der Waals surface area contributed by atoms with E-state index in [9.17, 15) is 4.79 Å². The highest BCUT2D eigenvalue weighted by Gasteiger charge is 2.15. The maximum absolute atomic E-state index is 12.1. The van der Waals surface area contributed by atoms with Crippen LogP contribution >= 0.6 is 0 Å². The molecule has 1 unspecified atom stereocenters. The Bertz CT molecular complexity index is 580. The van der Waals surface area contributed by atoms with Gasteiger partial charge in [-0.2, -0.15) is 0 Å². The number of hydrogen-bond donors (Lipinski definition) is 1. The normalized spacial score (nSPS) is 11.9. The summed E-state index contributed by atoms with van der Waals surface area (Å²) in [5.74, 6) is -0.469. The molecule has 0 heterocycles. The Morgan fingerprint density at radius 2 is 1.81 bits per heavy atom. The third-order valence-corrected chi connectivity index (χ3v) is 3.04. The molecule has 0 amide bonds. The molecule has 0 bridgehead atoms. The SMILES string of the molecule is COCC(CO)OC(=O)c1cccc(-c2ccccc2)c1. The summed E-state index contributed by atoms with van der Waals surface area (Å²) in [5, 5.41) is 9.13. The molecule has 0 saturated heterocycles. The number of aliphatic hydroxyl groups is 1. The second kappa shape index (κ2) is 7.57. The molecule has 1 atom stereocenters. The van der Waals surface area contributed by atoms with Gasteiger partial charge in [-0.25, -0.2) is 4.79 Å². The summed E-state index contributed by atoms with van der Waals surface area (Å²) in [6, 6.07) is 17.0. The summed E-state index contributed by atoms with van der Waals surface area (Å²) in [5.41, 5.74) is 2.42. The van der Waals surface area contributed by atoms with Crippen molar-refractivity contribution in [2.75, 3.05) is 20.3 Å². The molecule has 0 spiro atoms. The van der Waals surface area contributed by atoms with Crippen molar-refractivity contribution in [2.24, 2.45) is 0 Å². The molecule has 21 heavy (non-hydrogen) atoms. The van der Waals surface area contributed by atoms with Gasteiger partial charge in [0.2, 0.25) is 0 Å². The molecule has 1 N–H and O–H groups in total. The average Bonchev–Trinajstić information content (AvgIpc) is 2.55. The van der Waals surface area contributed by atoms with Gasteiger partial charge < -0.3 is 14.6 Å². The van der Waals surface area contributed by atoms with Crippen LogP contribution in [0.25, 0.3) is 11.1 Å². The molecule has 4 nitrogen and oxygen atoms in total. The van der Waals surface area contributed by atoms with Crippen LogP contribution < -0.4 is 0 Å². The maximum Gasteiger partial charge on any atom is 0.338 e. The lowest BCUT2D eigenvalue weighted by atomic mass is 10.0. The first kappa shape index (κ1) is 15.2. The standard InChI is InChI=1S/C17H18O4/c1-20-12-16(11-18)21-17(19)15-9-5-8-14(10-15)13-6-3-2-4-7-13/h2-10,16,18H,11-12H2,1H3. The van der Waals surface area contributed by atoms with Crippen molar-refractivity contribution in [3.8, 4) is 11.1 Å². The van der Waals surface area contributed by atoms with E-state index in [0.717, 1.165) is 11.1 Å². The van der Waals surface area contributed by atoms with Crippen LogP contribution in [0.4, 0.5) is 0 Å². The quantitative estimate of drug-likeness (QED) is 0.829. The molecule has 0 aliphatic rings. The number of methoxy groups -OCH3 is 1. The zero-order chi connectivity index (χ0) is 15.1. The fraction of sp³-hybridized carbons (Fsp3) is 0.235. The third kappa shape index (κ3) is 4.15. The predicted molar refractivity (Wildman–Crippen MR) is 80.0 cm³/mol. The Hall–Kier alpha value is -2.17. The van der Waals surface area contributed by atoms with Crippen molar-refractivity contribution in [3.63, 3.8) is 0 Å². The second-order valence-electron chi connectivity index (χ2n) is 4.61. The number of rotatable bonds is 6. The summed E-state index contributed by atoms with van der Waals surface area (Å²) >= 11 is 0. The number of carbonyl (C=O) groups excluding carboxylic acids is 1. The lowest BCUT2D eigenvalue weighted by Gasteiger charge is -2.14. The van der Waals surface area contributed by atoms with Gasteiger partial charge in [0, 0.05) is 7.11 Å². The lowest BCUT2D eigenvalue weighted by molar-refractivity contribution is -0.0140. The Labute approximate surface area is 123 Å². The molecule has 0 fully saturated rings. The van der Waals surface area contributed by atoms with E-state index < -0.39 is 12.1 Å². The molecule has 4 heteroatoms. The van der Waals surface area contributed by atoms with E-state index >= 15 is 0 Å². The van der Waals surface area contributed by atoms with Crippen molar-refractivity contribution >= 4 is 5.97 Å². The number of ether oxygens (including phenoxy) is 2. The van der Waals surface area contributed by atoms with E-state index in [1.54, 1.807) is 12.1 Å². The zero-order valence-electron chi connectivity index (χ0n) is 11.9. The summed E-state index contributed by atoms with van der Waals surface area (Å²) in [4.78, 5) is 12.1. The molecule has 0 saturated carbocycles. The van der Waals surface area contributed by atoms with E-state index in [2.05, 4.69) is 0 Å². The Morgan fingerprint density at radius 3 is 2.48 bits per heavy atom. The maximum atomic E-state index is 12.1. The fourth-order valence-electron chi connectivity index (χ4n) is 1.99. The number of benzene rings is 2. The fourth-order valence-corrected chi connectivity index (χ4v) is 1.99. The van der Waals surface area contributed by atoms with Crippen LogP contribution in [-0.4, -0.2) is 37.5 Å². The third-order valence-electron chi connectivity index (χ3n) is 3.04. The van der Waals surface area contributed by atoms with Gasteiger partial charge in [0.05, 0.1) is 18.8 Å². The Kier molecular flexibility index (Phi) is 5.49. The first-order valence-electron chi connectivity index (χ1n) is 6.71. The van der Waals surface area contributed by atoms with Crippen LogP contribution in [0.2, 0.25) is 0 Å². The van der Waals surface area contributed by atoms with Crippen LogP contribution in [0.3, 0.4) is 0 Å². The summed E-state index contributed by atoms with van der Waals surface area (Å²) in [7, 11) is 1.49. The predicted octanol–water partition coefficient (Wildman–Crippen LogP) is 2.52. The van der Waals surface area contributed by atoms with Gasteiger partial charge in [0.25, 0.3) is 0 Å². The molecule has 0 radical (unpaired) electrons. The van der Waals surface area contributed by atoms with Gasteiger partial charge >= 0.3 is 5.97 Å². The lowest BCUT2D eigenvalue weighted by Crippen LogP contribution is -2.26. The van der Waals surface area contributed by atoms with Crippen molar-refractivity contribution in [3.05, 3.63) is 60.2 Å². The van der Waals surface area contributed by atoms with Crippen molar-refractivity contribution in [1.29, 1.82) is 0 Å². The van der Waals surface area contributed by atoms with Gasteiger partial charge in [-0.05, 0) is 23.3 Å². The van der Waals surface area contributed by atoms with Crippen molar-refractivity contribution in [2.45, 2.75) is 6.10 Å². The monoisotopic (exact) mass is 286 g/mol. The Balaban J connectivity index is 2.15. The van der Waals surface area contributed by atoms with Crippen LogP contribution in [0, 0.1) is 0 Å². The summed E-state index contributed by atoms with van der Waals surface area (Å²) in [6.07, 6.45) is -0.650. The molecule has 2 rings (SSSR count). The van der Waals surface area contributed by atoms with Crippen LogP contribution in [0.15, 0.2) is 54.6 Å². The first-order valence-corrected chi connectivity index (χ1v) is 6.71. The highest BCUT2D eigenvalue weighted by atomic mass is 16.6. The average molecular weight is 286 g/mol. The van der Waals surface area contributed by atoms with E-state index in [0.29, 0.717) is 5.56 Å². The highest BCUT2D eigenvalue weighted by molar-refractivity contribution is 5.91. The van der Waals surface area contributed by atoms with Crippen LogP contribution in [0.1, 0.15) is 10.4 Å². The zero-order valence-corrected chi connectivity index (χ0v) is 11.9. The van der Waals surface area contributed by atoms with Gasteiger partial charge in [-0.3, -0.25) is 0 Å². The first-order chi connectivity index (χ1) is 10.2. The molecular formula is C17H18O4. The van der Waals surface area contributed by atoms with Crippen LogP contribution in [0.5, 0.6) is 0 Å². The summed E-state index contributed by atoms with van der Waals surface area (Å²) < 4.78 is 10.1. The minimum atomic E-state index is -0.650. The minimum Gasteiger partial charge on any atom is -0.454 e. The molecule has 0 aliphatic heterocycles. The van der Waals surface area contributed by atoms with E-state index in [1.165, 1.54) is 7.11 Å². The number of aliphatic hydroxyl groups excluding tert-OH is 1. The van der Waals surface area contributed by atoms with Gasteiger partial charge in [-0.15, -0.1) is 0 Å². The number of hydrogen-bond acceptors (Lipinski definition) is 4. The van der Waals surface area contributed by atoms with Crippen molar-refractivity contribution < 1.29 is 19.4 Å². The second-order valence-corrected chi connectivity index (χ2v) is 4.61. The molecule has 0 aliphatic carbocycles. The number of esters is 1.